The summed E-state index contributed by atoms with van der Waals surface area (Å²) in [4.78, 5) is 17.7. The predicted octanol–water partition coefficient (Wildman–Crippen LogP) is 7.73. The molecule has 3 heterocycles. The molecule has 2 aromatic carbocycles. The van der Waals surface area contributed by atoms with Gasteiger partial charge in [-0.2, -0.15) is 0 Å². The lowest BCUT2D eigenvalue weighted by atomic mass is 9.81. The van der Waals surface area contributed by atoms with Gasteiger partial charge in [0.2, 0.25) is 0 Å². The van der Waals surface area contributed by atoms with Gasteiger partial charge in [0.25, 0.3) is 0 Å². The van der Waals surface area contributed by atoms with Crippen molar-refractivity contribution in [3.63, 3.8) is 0 Å². The normalized spacial score (nSPS) is 15.8. The molecule has 8 heteroatoms. The molecule has 2 aromatic heterocycles. The molecule has 0 bridgehead atoms. The first-order valence-electron chi connectivity index (χ1n) is 14.2. The van der Waals surface area contributed by atoms with Gasteiger partial charge in [-0.3, -0.25) is 0 Å². The first-order chi connectivity index (χ1) is 19.4. The number of benzene rings is 2. The molecule has 0 unspecified atom stereocenters. The third-order valence-electron chi connectivity index (χ3n) is 8.35. The van der Waals surface area contributed by atoms with E-state index in [1.165, 1.54) is 60.0 Å². The molecular weight excluding hydrogens is 542 g/mol. The number of carboxylic acids is 1. The maximum atomic E-state index is 11.9. The van der Waals surface area contributed by atoms with E-state index in [-0.39, 0.29) is 0 Å². The summed E-state index contributed by atoms with van der Waals surface area (Å²) in [5.74, 6) is 0.436. The Balaban J connectivity index is 1.50. The maximum Gasteiger partial charge on any atom is 0.335 e. The van der Waals surface area contributed by atoms with Gasteiger partial charge in [-0.05, 0) is 74.8 Å². The zero-order chi connectivity index (χ0) is 27.8. The third-order valence-corrected chi connectivity index (χ3v) is 9.55. The summed E-state index contributed by atoms with van der Waals surface area (Å²) in [5.41, 5.74) is 6.41. The molecule has 1 aliphatic carbocycles. The van der Waals surface area contributed by atoms with Crippen LogP contribution in [0.1, 0.15) is 58.8 Å². The fraction of sp³-hybridized carbons (Fsp3) is 0.406. The number of hydrogen-bond acceptors (Lipinski definition) is 5. The second-order valence-corrected chi connectivity index (χ2v) is 13.0. The Morgan fingerprint density at radius 1 is 1.07 bits per heavy atom. The minimum absolute atomic E-state index is 0.342. The van der Waals surface area contributed by atoms with E-state index in [1.807, 2.05) is 18.2 Å². The first kappa shape index (κ1) is 27.2. The van der Waals surface area contributed by atoms with Gasteiger partial charge in [0, 0.05) is 59.3 Å². The number of carbonyl (C=O) groups is 1. The summed E-state index contributed by atoms with van der Waals surface area (Å²) < 4.78 is 9.43. The number of carboxylic acid groups (broad SMARTS) is 1. The van der Waals surface area contributed by atoms with Crippen LogP contribution in [0.15, 0.2) is 48.5 Å². The van der Waals surface area contributed by atoms with Gasteiger partial charge in [0.15, 0.2) is 0 Å². The van der Waals surface area contributed by atoms with Crippen molar-refractivity contribution in [3.05, 3.63) is 68.9 Å². The van der Waals surface area contributed by atoms with Crippen molar-refractivity contribution < 1.29 is 14.6 Å². The Morgan fingerprint density at radius 3 is 2.62 bits per heavy atom. The number of ether oxygens (including phenoxy) is 1. The summed E-state index contributed by atoms with van der Waals surface area (Å²) in [5, 5.41) is 11.0. The Morgan fingerprint density at radius 2 is 1.90 bits per heavy atom. The van der Waals surface area contributed by atoms with Crippen molar-refractivity contribution in [2.24, 2.45) is 0 Å². The van der Waals surface area contributed by atoms with Gasteiger partial charge >= 0.3 is 5.97 Å². The van der Waals surface area contributed by atoms with Crippen molar-refractivity contribution in [1.29, 1.82) is 0 Å². The first-order valence-corrected chi connectivity index (χ1v) is 15.4. The number of rotatable bonds is 8. The Hall–Kier alpha value is -3.00. The largest absolute Gasteiger partial charge is 0.488 e. The van der Waals surface area contributed by atoms with Crippen LogP contribution in [0.2, 0.25) is 4.34 Å². The van der Waals surface area contributed by atoms with E-state index in [9.17, 15) is 9.90 Å². The average molecular weight is 578 g/mol. The second-order valence-electron chi connectivity index (χ2n) is 11.2. The smallest absolute Gasteiger partial charge is 0.335 e. The quantitative estimate of drug-likeness (QED) is 0.232. The molecule has 4 aromatic rings. The molecule has 1 fully saturated rings. The highest BCUT2D eigenvalue weighted by atomic mass is 35.5. The van der Waals surface area contributed by atoms with Crippen LogP contribution in [0.5, 0.6) is 5.75 Å². The molecule has 2 aliphatic rings. The second kappa shape index (κ2) is 11.5. The van der Waals surface area contributed by atoms with Crippen LogP contribution in [0.3, 0.4) is 0 Å². The molecule has 1 saturated carbocycles. The Bertz CT molecular complexity index is 1540. The lowest BCUT2D eigenvalue weighted by Gasteiger charge is -2.27. The van der Waals surface area contributed by atoms with Crippen molar-refractivity contribution >= 4 is 45.5 Å². The van der Waals surface area contributed by atoms with Crippen molar-refractivity contribution in [2.75, 3.05) is 38.6 Å². The van der Waals surface area contributed by atoms with Crippen molar-refractivity contribution in [2.45, 2.75) is 51.2 Å². The summed E-state index contributed by atoms with van der Waals surface area (Å²) in [6, 6.07) is 16.1. The molecule has 0 amide bonds. The number of anilines is 1. The number of nitrogens with zero attached hydrogens (tertiary/aromatic N) is 3. The van der Waals surface area contributed by atoms with Gasteiger partial charge in [-0.1, -0.05) is 36.9 Å². The Kier molecular flexibility index (Phi) is 7.80. The number of likely N-dealkylation sites (N-methyl/N-ethyl adjacent to an activating group) is 1. The number of fused-ring (bicyclic) bond motifs is 5. The van der Waals surface area contributed by atoms with E-state index >= 15 is 0 Å². The van der Waals surface area contributed by atoms with E-state index < -0.39 is 5.97 Å². The lowest BCUT2D eigenvalue weighted by molar-refractivity contribution is 0.0697. The monoisotopic (exact) mass is 577 g/mol. The van der Waals surface area contributed by atoms with E-state index in [4.69, 9.17) is 16.3 Å². The predicted molar refractivity (Wildman–Crippen MR) is 165 cm³/mol. The molecule has 210 valence electrons. The van der Waals surface area contributed by atoms with E-state index in [0.29, 0.717) is 18.1 Å². The highest BCUT2D eigenvalue weighted by Crippen LogP contribution is 2.48. The molecule has 0 saturated heterocycles. The van der Waals surface area contributed by atoms with Crippen molar-refractivity contribution in [1.82, 2.24) is 9.47 Å². The van der Waals surface area contributed by atoms with Crippen LogP contribution in [0.25, 0.3) is 22.2 Å². The fourth-order valence-electron chi connectivity index (χ4n) is 6.38. The molecule has 1 aliphatic heterocycles. The van der Waals surface area contributed by atoms with E-state index in [2.05, 4.69) is 52.7 Å². The lowest BCUT2D eigenvalue weighted by Crippen LogP contribution is -2.33. The molecule has 0 radical (unpaired) electrons. The maximum absolute atomic E-state index is 11.9. The van der Waals surface area contributed by atoms with Crippen molar-refractivity contribution in [3.8, 4) is 17.0 Å². The summed E-state index contributed by atoms with van der Waals surface area (Å²) in [7, 11) is 4.21. The summed E-state index contributed by atoms with van der Waals surface area (Å²) in [6.07, 6.45) is 6.13. The molecular formula is C32H36ClN3O3S. The molecule has 0 atom stereocenters. The van der Waals surface area contributed by atoms with Crippen LogP contribution in [0, 0.1) is 0 Å². The highest BCUT2D eigenvalue weighted by molar-refractivity contribution is 7.16. The van der Waals surface area contributed by atoms with Gasteiger partial charge in [-0.15, -0.1) is 11.3 Å². The molecule has 6 nitrogen and oxygen atoms in total. The average Bonchev–Trinajstić information content (AvgIpc) is 3.47. The van der Waals surface area contributed by atoms with Crippen LogP contribution >= 0.6 is 22.9 Å². The zero-order valence-electron chi connectivity index (χ0n) is 23.2. The molecule has 1 N–H and O–H groups in total. The topological polar surface area (TPSA) is 57.9 Å². The van der Waals surface area contributed by atoms with Gasteiger partial charge < -0.3 is 24.2 Å². The van der Waals surface area contributed by atoms with Crippen LogP contribution in [0.4, 0.5) is 5.69 Å². The highest BCUT2D eigenvalue weighted by Gasteiger charge is 2.31. The molecule has 6 rings (SSSR count). The van der Waals surface area contributed by atoms with Crippen LogP contribution in [-0.2, 0) is 13.2 Å². The van der Waals surface area contributed by atoms with Gasteiger partial charge in [0.1, 0.15) is 12.4 Å². The standard InChI is InChI=1S/C32H36ClN3O3S/c1-34(2)14-15-35-16-17-36-28-18-22(32(37)38)8-11-25(28)30(21-6-4-3-5-7-21)31(36)26-12-9-23(19-27(26)35)39-20-24-10-13-29(33)40-24/h8-13,18-19,21H,3-7,14-17,20H2,1-2H3,(H,37,38). The van der Waals surface area contributed by atoms with Crippen LogP contribution in [-0.4, -0.2) is 54.3 Å². The number of hydrogen-bond donors (Lipinski definition) is 1. The minimum Gasteiger partial charge on any atom is -0.488 e. The zero-order valence-corrected chi connectivity index (χ0v) is 24.7. The summed E-state index contributed by atoms with van der Waals surface area (Å²) in [6.45, 7) is 3.95. The van der Waals surface area contributed by atoms with Gasteiger partial charge in [-0.25, -0.2) is 4.79 Å². The number of thiophene rings is 1. The summed E-state index contributed by atoms with van der Waals surface area (Å²) >= 11 is 7.68. The van der Waals surface area contributed by atoms with Crippen LogP contribution < -0.4 is 9.64 Å². The molecule has 0 spiro atoms. The van der Waals surface area contributed by atoms with E-state index in [1.54, 1.807) is 17.4 Å². The minimum atomic E-state index is -0.882. The molecule has 40 heavy (non-hydrogen) atoms. The SMILES string of the molecule is CN(C)CCN1CCn2c(c(C3CCCCC3)c3ccc(C(=O)O)cc32)-c2ccc(OCc3ccc(Cl)s3)cc21. The number of halogens is 1. The number of aromatic nitrogens is 1. The third kappa shape index (κ3) is 5.35. The Labute approximate surface area is 244 Å². The fourth-order valence-corrected chi connectivity index (χ4v) is 7.38. The van der Waals surface area contributed by atoms with E-state index in [0.717, 1.165) is 46.7 Å². The number of aromatic carboxylic acids is 1. The van der Waals surface area contributed by atoms with Gasteiger partial charge in [0.05, 0.1) is 15.6 Å².